The molecule has 2 aromatic rings. The first kappa shape index (κ1) is 7.55. The maximum atomic E-state index is 5.78. The fourth-order valence-corrected chi connectivity index (χ4v) is 1.23. The molecule has 0 amide bonds. The summed E-state index contributed by atoms with van der Waals surface area (Å²) in [6, 6.07) is 1.88. The maximum absolute atomic E-state index is 5.78. The van der Waals surface area contributed by atoms with Crippen LogP contribution >= 0.6 is 11.6 Å². The van der Waals surface area contributed by atoms with Crippen molar-refractivity contribution >= 4 is 22.7 Å². The molecule has 0 fully saturated rings. The summed E-state index contributed by atoms with van der Waals surface area (Å²) in [5, 5.41) is 0.375. The van der Waals surface area contributed by atoms with Crippen molar-refractivity contribution in [3.05, 3.63) is 23.3 Å². The highest BCUT2D eigenvalue weighted by Gasteiger charge is 2.06. The molecule has 0 aliphatic carbocycles. The summed E-state index contributed by atoms with van der Waals surface area (Å²) in [6.45, 7) is 2.01. The van der Waals surface area contributed by atoms with Crippen molar-refractivity contribution in [3.63, 3.8) is 0 Å². The van der Waals surface area contributed by atoms with Crippen LogP contribution in [-0.4, -0.2) is 9.97 Å². The molecule has 0 radical (unpaired) electrons. The summed E-state index contributed by atoms with van der Waals surface area (Å²) in [6.07, 6.45) is 2.27. The minimum atomic E-state index is 0.375. The van der Waals surface area contributed by atoms with E-state index in [0.717, 1.165) is 17.7 Å². The fraction of sp³-hybridized carbons (Fsp3) is 0.250. The SMILES string of the molecule is CCc1cc2ncnc(Cl)c2o1. The molecular formula is C8H7ClN2O. The van der Waals surface area contributed by atoms with E-state index in [-0.39, 0.29) is 0 Å². The van der Waals surface area contributed by atoms with E-state index in [0.29, 0.717) is 10.7 Å². The Balaban J connectivity index is 2.74. The lowest BCUT2D eigenvalue weighted by molar-refractivity contribution is 0.555. The van der Waals surface area contributed by atoms with Crippen LogP contribution in [0.1, 0.15) is 12.7 Å². The second-order valence-electron chi connectivity index (χ2n) is 2.45. The van der Waals surface area contributed by atoms with E-state index in [4.69, 9.17) is 16.0 Å². The fourth-order valence-electron chi connectivity index (χ4n) is 1.05. The highest BCUT2D eigenvalue weighted by atomic mass is 35.5. The predicted octanol–water partition coefficient (Wildman–Crippen LogP) is 2.44. The zero-order chi connectivity index (χ0) is 8.55. The summed E-state index contributed by atoms with van der Waals surface area (Å²) in [5.41, 5.74) is 1.35. The van der Waals surface area contributed by atoms with Gasteiger partial charge in [0.15, 0.2) is 10.7 Å². The monoisotopic (exact) mass is 182 g/mol. The van der Waals surface area contributed by atoms with Gasteiger partial charge in [-0.3, -0.25) is 0 Å². The number of nitrogens with zero attached hydrogens (tertiary/aromatic N) is 2. The molecule has 0 unspecified atom stereocenters. The van der Waals surface area contributed by atoms with Crippen molar-refractivity contribution in [3.8, 4) is 0 Å². The third kappa shape index (κ3) is 1.06. The molecule has 0 spiro atoms. The highest BCUT2D eigenvalue weighted by Crippen LogP contribution is 2.22. The molecule has 0 saturated heterocycles. The lowest BCUT2D eigenvalue weighted by Gasteiger charge is -1.87. The minimum absolute atomic E-state index is 0.375. The average Bonchev–Trinajstić information content (AvgIpc) is 2.49. The molecule has 2 heterocycles. The molecule has 0 bridgehead atoms. The van der Waals surface area contributed by atoms with Crippen molar-refractivity contribution in [1.29, 1.82) is 0 Å². The number of aryl methyl sites for hydroxylation is 1. The second-order valence-corrected chi connectivity index (χ2v) is 2.80. The number of halogens is 1. The first-order valence-corrected chi connectivity index (χ1v) is 4.08. The van der Waals surface area contributed by atoms with Gasteiger partial charge in [-0.15, -0.1) is 0 Å². The van der Waals surface area contributed by atoms with Gasteiger partial charge in [-0.25, -0.2) is 9.97 Å². The van der Waals surface area contributed by atoms with Gasteiger partial charge in [0.1, 0.15) is 17.6 Å². The first-order valence-electron chi connectivity index (χ1n) is 3.70. The number of aromatic nitrogens is 2. The second kappa shape index (κ2) is 2.75. The quantitative estimate of drug-likeness (QED) is 0.636. The number of fused-ring (bicyclic) bond motifs is 1. The van der Waals surface area contributed by atoms with Crippen molar-refractivity contribution in [2.45, 2.75) is 13.3 Å². The predicted molar refractivity (Wildman–Crippen MR) is 46.2 cm³/mol. The number of furan rings is 1. The van der Waals surface area contributed by atoms with E-state index >= 15 is 0 Å². The van der Waals surface area contributed by atoms with Crippen molar-refractivity contribution in [2.24, 2.45) is 0 Å². The molecule has 0 saturated carbocycles. The molecule has 0 aromatic carbocycles. The van der Waals surface area contributed by atoms with E-state index in [1.807, 2.05) is 13.0 Å². The van der Waals surface area contributed by atoms with Crippen LogP contribution < -0.4 is 0 Å². The number of rotatable bonds is 1. The molecule has 2 rings (SSSR count). The van der Waals surface area contributed by atoms with Crippen LogP contribution in [0.15, 0.2) is 16.8 Å². The largest absolute Gasteiger partial charge is 0.456 e. The summed E-state index contributed by atoms with van der Waals surface area (Å²) >= 11 is 5.78. The van der Waals surface area contributed by atoms with Crippen LogP contribution in [0.2, 0.25) is 5.15 Å². The average molecular weight is 183 g/mol. The standard InChI is InChI=1S/C8H7ClN2O/c1-2-5-3-6-7(12-5)8(9)11-4-10-6/h3-4H,2H2,1H3. The lowest BCUT2D eigenvalue weighted by atomic mass is 10.3. The van der Waals surface area contributed by atoms with E-state index in [9.17, 15) is 0 Å². The Kier molecular flexibility index (Phi) is 1.73. The van der Waals surface area contributed by atoms with E-state index in [1.54, 1.807) is 0 Å². The maximum Gasteiger partial charge on any atom is 0.189 e. The lowest BCUT2D eigenvalue weighted by Crippen LogP contribution is -1.77. The number of hydrogen-bond donors (Lipinski definition) is 0. The van der Waals surface area contributed by atoms with Crippen LogP contribution in [0.25, 0.3) is 11.1 Å². The summed E-state index contributed by atoms with van der Waals surface area (Å²) in [7, 11) is 0. The van der Waals surface area contributed by atoms with Gasteiger partial charge < -0.3 is 4.42 Å². The molecule has 0 atom stereocenters. The van der Waals surface area contributed by atoms with Gasteiger partial charge in [0.25, 0.3) is 0 Å². The first-order chi connectivity index (χ1) is 5.81. The van der Waals surface area contributed by atoms with Crippen LogP contribution in [-0.2, 0) is 6.42 Å². The molecule has 2 aromatic heterocycles. The third-order valence-electron chi connectivity index (χ3n) is 1.67. The van der Waals surface area contributed by atoms with Gasteiger partial charge in [0.2, 0.25) is 0 Å². The van der Waals surface area contributed by atoms with E-state index in [1.165, 1.54) is 6.33 Å². The zero-order valence-electron chi connectivity index (χ0n) is 6.54. The zero-order valence-corrected chi connectivity index (χ0v) is 7.30. The van der Waals surface area contributed by atoms with Crippen LogP contribution in [0.5, 0.6) is 0 Å². The summed E-state index contributed by atoms with van der Waals surface area (Å²) in [5.74, 6) is 0.882. The van der Waals surface area contributed by atoms with Gasteiger partial charge in [-0.2, -0.15) is 0 Å². The Labute approximate surface area is 74.4 Å². The van der Waals surface area contributed by atoms with Gasteiger partial charge in [0.05, 0.1) is 0 Å². The molecule has 0 aliphatic heterocycles. The Hall–Kier alpha value is -1.09. The van der Waals surface area contributed by atoms with Gasteiger partial charge in [0, 0.05) is 12.5 Å². The molecule has 12 heavy (non-hydrogen) atoms. The Morgan fingerprint density at radius 1 is 1.50 bits per heavy atom. The van der Waals surface area contributed by atoms with Crippen LogP contribution in [0, 0.1) is 0 Å². The Morgan fingerprint density at radius 2 is 2.33 bits per heavy atom. The molecule has 0 N–H and O–H groups in total. The molecule has 4 heteroatoms. The summed E-state index contributed by atoms with van der Waals surface area (Å²) in [4.78, 5) is 7.84. The molecule has 62 valence electrons. The van der Waals surface area contributed by atoms with Crippen LogP contribution in [0.4, 0.5) is 0 Å². The van der Waals surface area contributed by atoms with E-state index < -0.39 is 0 Å². The van der Waals surface area contributed by atoms with Gasteiger partial charge in [-0.1, -0.05) is 18.5 Å². The smallest absolute Gasteiger partial charge is 0.189 e. The van der Waals surface area contributed by atoms with Gasteiger partial charge in [-0.05, 0) is 0 Å². The Morgan fingerprint density at radius 3 is 3.00 bits per heavy atom. The topological polar surface area (TPSA) is 38.9 Å². The highest BCUT2D eigenvalue weighted by molar-refractivity contribution is 6.33. The van der Waals surface area contributed by atoms with Gasteiger partial charge >= 0.3 is 0 Å². The molecular weight excluding hydrogens is 176 g/mol. The summed E-state index contributed by atoms with van der Waals surface area (Å²) < 4.78 is 5.39. The third-order valence-corrected chi connectivity index (χ3v) is 1.94. The van der Waals surface area contributed by atoms with Crippen molar-refractivity contribution < 1.29 is 4.42 Å². The Bertz CT molecular complexity index is 410. The minimum Gasteiger partial charge on any atom is -0.456 e. The van der Waals surface area contributed by atoms with Crippen molar-refractivity contribution in [2.75, 3.05) is 0 Å². The van der Waals surface area contributed by atoms with Crippen molar-refractivity contribution in [1.82, 2.24) is 9.97 Å². The normalized spacial score (nSPS) is 10.8. The van der Waals surface area contributed by atoms with E-state index in [2.05, 4.69) is 9.97 Å². The number of hydrogen-bond acceptors (Lipinski definition) is 3. The van der Waals surface area contributed by atoms with Crippen LogP contribution in [0.3, 0.4) is 0 Å². The molecule has 3 nitrogen and oxygen atoms in total. The molecule has 0 aliphatic rings.